The lowest BCUT2D eigenvalue weighted by molar-refractivity contribution is 1.01. The summed E-state index contributed by atoms with van der Waals surface area (Å²) in [5, 5.41) is 5.01. The molecule has 0 saturated carbocycles. The zero-order chi connectivity index (χ0) is 16.9. The van der Waals surface area contributed by atoms with Gasteiger partial charge in [-0.2, -0.15) is 0 Å². The van der Waals surface area contributed by atoms with Gasteiger partial charge in [-0.1, -0.05) is 41.4 Å². The van der Waals surface area contributed by atoms with Crippen molar-refractivity contribution >= 4 is 77.7 Å². The first kappa shape index (κ1) is 25.4. The van der Waals surface area contributed by atoms with E-state index in [1.807, 2.05) is 42.5 Å². The molecule has 146 valence electrons. The van der Waals surface area contributed by atoms with E-state index in [9.17, 15) is 0 Å². The van der Waals surface area contributed by atoms with E-state index in [0.717, 1.165) is 27.3 Å². The number of rotatable bonds is 5. The van der Waals surface area contributed by atoms with Gasteiger partial charge >= 0.3 is 0 Å². The molecule has 2 aromatic carbocycles. The van der Waals surface area contributed by atoms with Crippen molar-refractivity contribution in [3.05, 3.63) is 64.4 Å². The van der Waals surface area contributed by atoms with E-state index >= 15 is 0 Å². The third-order valence-electron chi connectivity index (χ3n) is 3.60. The number of hydrogen-bond donors (Lipinski definition) is 2. The molecule has 8 heteroatoms. The number of fused-ring (bicyclic) bond motifs is 1. The number of halogens is 4. The fourth-order valence-corrected chi connectivity index (χ4v) is 2.53. The van der Waals surface area contributed by atoms with Crippen LogP contribution in [0.4, 0.5) is 5.82 Å². The number of hydrogen-bond acceptors (Lipinski definition) is 4. The van der Waals surface area contributed by atoms with Crippen LogP contribution in [0.2, 0.25) is 5.02 Å². The van der Waals surface area contributed by atoms with E-state index in [2.05, 4.69) is 34.3 Å². The van der Waals surface area contributed by atoms with Gasteiger partial charge in [-0.25, -0.2) is 9.97 Å². The summed E-state index contributed by atoms with van der Waals surface area (Å²) in [6.45, 7) is 3.27. The van der Waals surface area contributed by atoms with E-state index in [0.29, 0.717) is 18.9 Å². The molecule has 0 spiro atoms. The normalized spacial score (nSPS) is 10.0. The first-order valence-corrected chi connectivity index (χ1v) is 8.19. The second kappa shape index (κ2) is 12.0. The first-order valence-electron chi connectivity index (χ1n) is 7.82. The Labute approximate surface area is 182 Å². The smallest absolute Gasteiger partial charge is 0.154 e. The lowest BCUT2D eigenvalue weighted by atomic mass is 10.1. The van der Waals surface area contributed by atoms with Crippen LogP contribution in [0.5, 0.6) is 0 Å². The van der Waals surface area contributed by atoms with Crippen LogP contribution in [0.25, 0.3) is 23.1 Å². The topological polar surface area (TPSA) is 63.8 Å². The largest absolute Gasteiger partial charge is 0.368 e. The highest BCUT2D eigenvalue weighted by Crippen LogP contribution is 2.22. The Balaban J connectivity index is 0.00000225. The van der Waals surface area contributed by atoms with Crippen molar-refractivity contribution in [1.29, 1.82) is 0 Å². The second-order valence-electron chi connectivity index (χ2n) is 5.55. The summed E-state index contributed by atoms with van der Waals surface area (Å²) >= 11 is 5.91. The molecule has 0 aliphatic heterocycles. The third kappa shape index (κ3) is 6.83. The Bertz CT molecular complexity index is 883. The molecule has 0 fully saturated rings. The Morgan fingerprint density at radius 1 is 1.00 bits per heavy atom. The Kier molecular flexibility index (Phi) is 11.3. The number of anilines is 1. The fraction of sp³-hybridized carbons (Fsp3) is 0.158. The summed E-state index contributed by atoms with van der Waals surface area (Å²) in [6.07, 6.45) is 3.87. The van der Waals surface area contributed by atoms with Gasteiger partial charge in [-0.15, -0.1) is 37.2 Å². The Hall–Kier alpha value is -1.56. The molecule has 4 nitrogen and oxygen atoms in total. The van der Waals surface area contributed by atoms with Gasteiger partial charge in [0.15, 0.2) is 5.82 Å². The molecule has 0 aliphatic rings. The van der Waals surface area contributed by atoms with Gasteiger partial charge in [-0.05, 0) is 42.8 Å². The summed E-state index contributed by atoms with van der Waals surface area (Å²) in [5.41, 5.74) is 8.73. The number of nitrogens with zero attached hydrogens (tertiary/aromatic N) is 2. The van der Waals surface area contributed by atoms with Crippen molar-refractivity contribution in [2.45, 2.75) is 6.92 Å². The lowest BCUT2D eigenvalue weighted by Gasteiger charge is -2.09. The standard InChI is InChI=1S/C19H19ClN4.3ClH/c1-13-2-8-17-16(12-13)19(22-11-10-21)24-18(23-17)9-5-14-3-6-15(20)7-4-14;;;/h2-9,12H,10-11,21H2,1H3,(H,22,23,24);3*1H/b9-5+;;;. The van der Waals surface area contributed by atoms with Crippen molar-refractivity contribution in [1.82, 2.24) is 9.97 Å². The van der Waals surface area contributed by atoms with Gasteiger partial charge in [0, 0.05) is 23.5 Å². The fourth-order valence-electron chi connectivity index (χ4n) is 2.40. The molecule has 0 amide bonds. The summed E-state index contributed by atoms with van der Waals surface area (Å²) in [6, 6.07) is 13.8. The average Bonchev–Trinajstić information content (AvgIpc) is 2.59. The average molecular weight is 448 g/mol. The van der Waals surface area contributed by atoms with Gasteiger partial charge in [-0.3, -0.25) is 0 Å². The molecule has 0 saturated heterocycles. The van der Waals surface area contributed by atoms with Gasteiger partial charge in [0.05, 0.1) is 5.52 Å². The van der Waals surface area contributed by atoms with Crippen LogP contribution < -0.4 is 11.1 Å². The molecule has 1 heterocycles. The van der Waals surface area contributed by atoms with Crippen molar-refractivity contribution in [2.24, 2.45) is 5.73 Å². The van der Waals surface area contributed by atoms with E-state index in [1.165, 1.54) is 5.56 Å². The molecule has 0 aliphatic carbocycles. The van der Waals surface area contributed by atoms with Crippen LogP contribution in [0.1, 0.15) is 17.0 Å². The maximum atomic E-state index is 5.91. The lowest BCUT2D eigenvalue weighted by Crippen LogP contribution is -2.14. The van der Waals surface area contributed by atoms with Gasteiger partial charge in [0.1, 0.15) is 5.82 Å². The summed E-state index contributed by atoms with van der Waals surface area (Å²) < 4.78 is 0. The minimum Gasteiger partial charge on any atom is -0.368 e. The van der Waals surface area contributed by atoms with E-state index in [4.69, 9.17) is 17.3 Å². The van der Waals surface area contributed by atoms with Crippen LogP contribution >= 0.6 is 48.8 Å². The van der Waals surface area contributed by atoms with Gasteiger partial charge in [0.25, 0.3) is 0 Å². The van der Waals surface area contributed by atoms with Crippen molar-refractivity contribution in [3.63, 3.8) is 0 Å². The highest BCUT2D eigenvalue weighted by atomic mass is 35.5. The molecule has 0 unspecified atom stereocenters. The van der Waals surface area contributed by atoms with Crippen molar-refractivity contribution < 1.29 is 0 Å². The van der Waals surface area contributed by atoms with E-state index in [1.54, 1.807) is 0 Å². The second-order valence-corrected chi connectivity index (χ2v) is 5.99. The molecule has 0 atom stereocenters. The van der Waals surface area contributed by atoms with Crippen molar-refractivity contribution in [3.8, 4) is 0 Å². The number of aryl methyl sites for hydroxylation is 1. The minimum absolute atomic E-state index is 0. The van der Waals surface area contributed by atoms with Gasteiger partial charge in [0.2, 0.25) is 0 Å². The summed E-state index contributed by atoms with van der Waals surface area (Å²) in [4.78, 5) is 9.24. The molecule has 0 bridgehead atoms. The predicted octanol–water partition coefficient (Wildman–Crippen LogP) is 5.40. The highest BCUT2D eigenvalue weighted by molar-refractivity contribution is 6.30. The monoisotopic (exact) mass is 446 g/mol. The zero-order valence-corrected chi connectivity index (χ0v) is 17.9. The SMILES string of the molecule is Cc1ccc2nc(/C=C/c3ccc(Cl)cc3)nc(NCCN)c2c1.Cl.Cl.Cl. The highest BCUT2D eigenvalue weighted by Gasteiger charge is 2.06. The predicted molar refractivity (Wildman–Crippen MR) is 124 cm³/mol. The quantitative estimate of drug-likeness (QED) is 0.549. The van der Waals surface area contributed by atoms with Crippen LogP contribution in [0.3, 0.4) is 0 Å². The maximum absolute atomic E-state index is 5.91. The number of aromatic nitrogens is 2. The van der Waals surface area contributed by atoms with Crippen LogP contribution in [-0.4, -0.2) is 23.1 Å². The first-order chi connectivity index (χ1) is 11.7. The Morgan fingerprint density at radius 3 is 2.37 bits per heavy atom. The van der Waals surface area contributed by atoms with Crippen LogP contribution in [0.15, 0.2) is 42.5 Å². The van der Waals surface area contributed by atoms with Crippen LogP contribution in [-0.2, 0) is 0 Å². The third-order valence-corrected chi connectivity index (χ3v) is 3.85. The number of nitrogens with two attached hydrogens (primary N) is 1. The zero-order valence-electron chi connectivity index (χ0n) is 14.7. The molecule has 0 radical (unpaired) electrons. The van der Waals surface area contributed by atoms with E-state index < -0.39 is 0 Å². The number of nitrogens with one attached hydrogen (secondary N) is 1. The molecule has 3 N–H and O–H groups in total. The minimum atomic E-state index is 0. The molecule has 1 aromatic heterocycles. The van der Waals surface area contributed by atoms with E-state index in [-0.39, 0.29) is 37.2 Å². The Morgan fingerprint density at radius 2 is 1.70 bits per heavy atom. The van der Waals surface area contributed by atoms with Crippen molar-refractivity contribution in [2.75, 3.05) is 18.4 Å². The van der Waals surface area contributed by atoms with Gasteiger partial charge < -0.3 is 11.1 Å². The molecule has 27 heavy (non-hydrogen) atoms. The van der Waals surface area contributed by atoms with Crippen LogP contribution in [0, 0.1) is 6.92 Å². The molecular formula is C19H22Cl4N4. The molecular weight excluding hydrogens is 426 g/mol. The maximum Gasteiger partial charge on any atom is 0.154 e. The molecule has 3 aromatic rings. The summed E-state index contributed by atoms with van der Waals surface area (Å²) in [5.74, 6) is 1.46. The number of benzene rings is 2. The molecule has 3 rings (SSSR count). The summed E-state index contributed by atoms with van der Waals surface area (Å²) in [7, 11) is 0.